The van der Waals surface area contributed by atoms with Gasteiger partial charge in [0.05, 0.1) is 6.10 Å². The van der Waals surface area contributed by atoms with Gasteiger partial charge in [-0.2, -0.15) is 13.2 Å². The molecule has 1 amide bonds. The maximum absolute atomic E-state index is 12.5. The highest BCUT2D eigenvalue weighted by Gasteiger charge is 2.32. The molecule has 0 saturated carbocycles. The Morgan fingerprint density at radius 2 is 1.76 bits per heavy atom. The van der Waals surface area contributed by atoms with E-state index in [9.17, 15) is 23.1 Å². The summed E-state index contributed by atoms with van der Waals surface area (Å²) in [5.41, 5.74) is 2.65. The number of alkyl halides is 3. The first-order chi connectivity index (χ1) is 11.7. The van der Waals surface area contributed by atoms with Crippen LogP contribution in [-0.2, 0) is 0 Å². The lowest BCUT2D eigenvalue weighted by molar-refractivity contribution is -0.140. The van der Waals surface area contributed by atoms with Crippen molar-refractivity contribution in [3.8, 4) is 11.1 Å². The summed E-state index contributed by atoms with van der Waals surface area (Å²) in [5.74, 6) is -0.649. The summed E-state index contributed by atoms with van der Waals surface area (Å²) >= 11 is 0. The van der Waals surface area contributed by atoms with Crippen molar-refractivity contribution in [3.63, 3.8) is 0 Å². The Morgan fingerprint density at radius 1 is 1.12 bits per heavy atom. The van der Waals surface area contributed by atoms with Crippen LogP contribution in [0.1, 0.15) is 35.9 Å². The molecule has 25 heavy (non-hydrogen) atoms. The molecule has 0 fully saturated rings. The maximum atomic E-state index is 12.5. The number of hydrogen-bond donors (Lipinski definition) is 1. The highest BCUT2D eigenvalue weighted by Crippen LogP contribution is 2.24. The molecule has 0 aliphatic heterocycles. The van der Waals surface area contributed by atoms with E-state index in [2.05, 4.69) is 0 Å². The Bertz CT molecular complexity index is 724. The quantitative estimate of drug-likeness (QED) is 0.866. The van der Waals surface area contributed by atoms with E-state index in [0.717, 1.165) is 21.6 Å². The van der Waals surface area contributed by atoms with Gasteiger partial charge in [0.2, 0.25) is 0 Å². The maximum Gasteiger partial charge on any atom is 0.406 e. The van der Waals surface area contributed by atoms with E-state index in [0.29, 0.717) is 0 Å². The number of rotatable bonds is 5. The number of amides is 1. The molecule has 3 nitrogen and oxygen atoms in total. The molecule has 0 saturated heterocycles. The number of carbonyl (C=O) groups is 1. The van der Waals surface area contributed by atoms with E-state index in [4.69, 9.17) is 0 Å². The molecule has 0 bridgehead atoms. The monoisotopic (exact) mass is 351 g/mol. The molecule has 2 aromatic rings. The van der Waals surface area contributed by atoms with Crippen LogP contribution in [0.25, 0.3) is 11.1 Å². The number of hydrogen-bond acceptors (Lipinski definition) is 2. The predicted octanol–water partition coefficient (Wildman–Crippen LogP) is 4.43. The summed E-state index contributed by atoms with van der Waals surface area (Å²) in [7, 11) is 0. The molecule has 2 rings (SSSR count). The number of nitrogens with zero attached hydrogens (tertiary/aromatic N) is 1. The lowest BCUT2D eigenvalue weighted by atomic mass is 10.00. The summed E-state index contributed by atoms with van der Waals surface area (Å²) < 4.78 is 37.6. The van der Waals surface area contributed by atoms with Crippen LogP contribution in [0.3, 0.4) is 0 Å². The topological polar surface area (TPSA) is 40.5 Å². The van der Waals surface area contributed by atoms with Gasteiger partial charge in [0.25, 0.3) is 5.91 Å². The van der Waals surface area contributed by atoms with Crippen molar-refractivity contribution >= 4 is 5.91 Å². The van der Waals surface area contributed by atoms with E-state index in [-0.39, 0.29) is 12.1 Å². The van der Waals surface area contributed by atoms with Gasteiger partial charge in [-0.3, -0.25) is 4.79 Å². The van der Waals surface area contributed by atoms with Gasteiger partial charge in [-0.1, -0.05) is 30.3 Å². The second kappa shape index (κ2) is 7.70. The van der Waals surface area contributed by atoms with Crippen LogP contribution in [0, 0.1) is 0 Å². The number of halogens is 3. The molecular formula is C19H20F3NO2. The van der Waals surface area contributed by atoms with Gasteiger partial charge in [-0.15, -0.1) is 0 Å². The molecular weight excluding hydrogens is 331 g/mol. The third-order valence-corrected chi connectivity index (χ3v) is 3.87. The Balaban J connectivity index is 2.21. The van der Waals surface area contributed by atoms with Crippen LogP contribution in [0.2, 0.25) is 0 Å². The first kappa shape index (κ1) is 19.0. The largest absolute Gasteiger partial charge is 0.406 e. The van der Waals surface area contributed by atoms with Crippen LogP contribution >= 0.6 is 0 Å². The zero-order valence-corrected chi connectivity index (χ0v) is 14.0. The summed E-state index contributed by atoms with van der Waals surface area (Å²) in [5, 5.41) is 9.65. The second-order valence-corrected chi connectivity index (χ2v) is 5.81. The fourth-order valence-electron chi connectivity index (χ4n) is 2.51. The summed E-state index contributed by atoms with van der Waals surface area (Å²) in [6.07, 6.45) is -5.02. The van der Waals surface area contributed by atoms with Crippen LogP contribution in [0.15, 0.2) is 48.5 Å². The molecule has 134 valence electrons. The van der Waals surface area contributed by atoms with Gasteiger partial charge in [0.15, 0.2) is 0 Å². The second-order valence-electron chi connectivity index (χ2n) is 5.81. The van der Waals surface area contributed by atoms with Crippen molar-refractivity contribution in [1.82, 2.24) is 4.90 Å². The van der Waals surface area contributed by atoms with Crippen LogP contribution in [0.5, 0.6) is 0 Å². The SMILES string of the molecule is CCN(CC(F)(F)F)C(=O)c1ccc(-c2cccc(C(C)O)c2)cc1. The zero-order valence-electron chi connectivity index (χ0n) is 14.0. The van der Waals surface area contributed by atoms with Gasteiger partial charge < -0.3 is 10.0 Å². The molecule has 6 heteroatoms. The summed E-state index contributed by atoms with van der Waals surface area (Å²) in [4.78, 5) is 13.0. The Kier molecular flexibility index (Phi) is 5.85. The Labute approximate surface area is 144 Å². The summed E-state index contributed by atoms with van der Waals surface area (Å²) in [6.45, 7) is 1.90. The molecule has 0 aliphatic rings. The number of aliphatic hydroxyl groups is 1. The number of benzene rings is 2. The standard InChI is InChI=1S/C19H20F3NO2/c1-3-23(12-19(20,21)22)18(25)15-9-7-14(8-10-15)17-6-4-5-16(11-17)13(2)24/h4-11,13,24H,3,12H2,1-2H3. The molecule has 0 heterocycles. The van der Waals surface area contributed by atoms with Crippen molar-refractivity contribution in [1.29, 1.82) is 0 Å². The van der Waals surface area contributed by atoms with E-state index >= 15 is 0 Å². The molecule has 0 aliphatic carbocycles. The van der Waals surface area contributed by atoms with Crippen molar-refractivity contribution < 1.29 is 23.1 Å². The van der Waals surface area contributed by atoms with E-state index in [1.165, 1.54) is 19.1 Å². The van der Waals surface area contributed by atoms with Crippen LogP contribution < -0.4 is 0 Å². The Morgan fingerprint density at radius 3 is 2.28 bits per heavy atom. The van der Waals surface area contributed by atoms with Crippen molar-refractivity contribution in [2.24, 2.45) is 0 Å². The highest BCUT2D eigenvalue weighted by molar-refractivity contribution is 5.94. The van der Waals surface area contributed by atoms with Crippen molar-refractivity contribution in [2.45, 2.75) is 26.1 Å². The third-order valence-electron chi connectivity index (χ3n) is 3.87. The molecule has 2 aromatic carbocycles. The first-order valence-electron chi connectivity index (χ1n) is 7.95. The average Bonchev–Trinajstić information content (AvgIpc) is 2.58. The minimum Gasteiger partial charge on any atom is -0.389 e. The molecule has 1 atom stereocenters. The fourth-order valence-corrected chi connectivity index (χ4v) is 2.51. The third kappa shape index (κ3) is 5.06. The van der Waals surface area contributed by atoms with Crippen molar-refractivity contribution in [3.05, 3.63) is 59.7 Å². The van der Waals surface area contributed by atoms with Crippen LogP contribution in [0.4, 0.5) is 13.2 Å². The summed E-state index contributed by atoms with van der Waals surface area (Å²) in [6, 6.07) is 13.7. The first-order valence-corrected chi connectivity index (χ1v) is 7.95. The van der Waals surface area contributed by atoms with Crippen molar-refractivity contribution in [2.75, 3.05) is 13.1 Å². The normalized spacial score (nSPS) is 12.7. The van der Waals surface area contributed by atoms with Gasteiger partial charge >= 0.3 is 6.18 Å². The van der Waals surface area contributed by atoms with E-state index in [1.54, 1.807) is 19.1 Å². The molecule has 1 unspecified atom stereocenters. The van der Waals surface area contributed by atoms with E-state index < -0.39 is 24.7 Å². The van der Waals surface area contributed by atoms with Crippen LogP contribution in [-0.4, -0.2) is 35.2 Å². The predicted molar refractivity (Wildman–Crippen MR) is 90.1 cm³/mol. The number of aliphatic hydroxyl groups excluding tert-OH is 1. The van der Waals surface area contributed by atoms with Gasteiger partial charge in [0.1, 0.15) is 6.54 Å². The highest BCUT2D eigenvalue weighted by atomic mass is 19.4. The van der Waals surface area contributed by atoms with Gasteiger partial charge in [-0.05, 0) is 48.7 Å². The fraction of sp³-hybridized carbons (Fsp3) is 0.316. The number of carbonyl (C=O) groups excluding carboxylic acids is 1. The Hall–Kier alpha value is -2.34. The lowest BCUT2D eigenvalue weighted by Crippen LogP contribution is -2.38. The smallest absolute Gasteiger partial charge is 0.389 e. The zero-order chi connectivity index (χ0) is 18.6. The van der Waals surface area contributed by atoms with E-state index in [1.807, 2.05) is 24.3 Å². The average molecular weight is 351 g/mol. The lowest BCUT2D eigenvalue weighted by Gasteiger charge is -2.22. The minimum absolute atomic E-state index is 0.0173. The molecule has 1 N–H and O–H groups in total. The minimum atomic E-state index is -4.42. The molecule has 0 aromatic heterocycles. The molecule has 0 spiro atoms. The van der Waals surface area contributed by atoms with Gasteiger partial charge in [-0.25, -0.2) is 0 Å². The molecule has 0 radical (unpaired) electrons. The van der Waals surface area contributed by atoms with Gasteiger partial charge in [0, 0.05) is 12.1 Å².